The fraction of sp³-hybridized carbons (Fsp3) is 0.188. The number of hydrogen-bond acceptors (Lipinski definition) is 2. The van der Waals surface area contributed by atoms with Crippen LogP contribution in [0.1, 0.15) is 18.1 Å². The first kappa shape index (κ1) is 13.8. The van der Waals surface area contributed by atoms with Crippen molar-refractivity contribution >= 4 is 17.3 Å². The Balaban J connectivity index is 2.49. The third-order valence-corrected chi connectivity index (χ3v) is 3.12. The minimum atomic E-state index is 0.0502. The van der Waals surface area contributed by atoms with E-state index in [-0.39, 0.29) is 6.17 Å². The quantitative estimate of drug-likeness (QED) is 0.843. The van der Waals surface area contributed by atoms with Gasteiger partial charge in [0.05, 0.1) is 11.9 Å². The smallest absolute Gasteiger partial charge is 0.0970 e. The molecule has 19 heavy (non-hydrogen) atoms. The van der Waals surface area contributed by atoms with Crippen LogP contribution in [0.15, 0.2) is 59.6 Å². The summed E-state index contributed by atoms with van der Waals surface area (Å²) in [6, 6.07) is 17.9. The average Bonchev–Trinajstić information content (AvgIpc) is 2.45. The lowest BCUT2D eigenvalue weighted by Gasteiger charge is -2.11. The van der Waals surface area contributed by atoms with Gasteiger partial charge in [-0.1, -0.05) is 54.1 Å². The molecule has 98 valence electrons. The highest BCUT2D eigenvalue weighted by Gasteiger charge is 2.08. The van der Waals surface area contributed by atoms with E-state index in [2.05, 4.69) is 17.4 Å². The van der Waals surface area contributed by atoms with Crippen LogP contribution in [0.25, 0.3) is 0 Å². The number of aliphatic imine (C=N–C) groups is 1. The standard InChI is InChI=1S/C16H17ClN2/c1-12(18-2)19-16(13-7-4-3-5-8-13)14-9-6-10-15(17)11-14/h3-12,18H,1-2H3/b19-16-. The van der Waals surface area contributed by atoms with E-state index in [1.807, 2.05) is 56.4 Å². The Morgan fingerprint density at radius 2 is 1.74 bits per heavy atom. The molecule has 0 radical (unpaired) electrons. The molecule has 2 aromatic carbocycles. The largest absolute Gasteiger partial charge is 0.299 e. The Bertz CT molecular complexity index is 564. The molecule has 0 amide bonds. The van der Waals surface area contributed by atoms with Crippen molar-refractivity contribution in [1.82, 2.24) is 5.32 Å². The Morgan fingerprint density at radius 1 is 1.05 bits per heavy atom. The van der Waals surface area contributed by atoms with E-state index in [4.69, 9.17) is 16.6 Å². The minimum absolute atomic E-state index is 0.0502. The molecule has 0 aliphatic carbocycles. The van der Waals surface area contributed by atoms with Crippen molar-refractivity contribution in [2.24, 2.45) is 4.99 Å². The monoisotopic (exact) mass is 272 g/mol. The van der Waals surface area contributed by atoms with Gasteiger partial charge in [0.1, 0.15) is 0 Å². The van der Waals surface area contributed by atoms with Gasteiger partial charge in [-0.3, -0.25) is 10.3 Å². The zero-order chi connectivity index (χ0) is 13.7. The van der Waals surface area contributed by atoms with Crippen LogP contribution in [-0.4, -0.2) is 18.9 Å². The molecule has 0 bridgehead atoms. The summed E-state index contributed by atoms with van der Waals surface area (Å²) in [5.41, 5.74) is 3.07. The van der Waals surface area contributed by atoms with Gasteiger partial charge in [0.2, 0.25) is 0 Å². The maximum atomic E-state index is 6.08. The molecule has 2 nitrogen and oxygen atoms in total. The summed E-state index contributed by atoms with van der Waals surface area (Å²) in [5.74, 6) is 0. The van der Waals surface area contributed by atoms with Gasteiger partial charge in [0.25, 0.3) is 0 Å². The summed E-state index contributed by atoms with van der Waals surface area (Å²) in [7, 11) is 1.90. The van der Waals surface area contributed by atoms with Gasteiger partial charge < -0.3 is 0 Å². The normalized spacial score (nSPS) is 13.3. The van der Waals surface area contributed by atoms with Crippen LogP contribution in [0.4, 0.5) is 0 Å². The van der Waals surface area contributed by atoms with Crippen molar-refractivity contribution in [3.63, 3.8) is 0 Å². The number of nitrogens with one attached hydrogen (secondary N) is 1. The zero-order valence-corrected chi connectivity index (χ0v) is 11.9. The number of rotatable bonds is 4. The van der Waals surface area contributed by atoms with Crippen LogP contribution >= 0.6 is 11.6 Å². The Hall–Kier alpha value is -1.64. The summed E-state index contributed by atoms with van der Waals surface area (Å²) in [6.07, 6.45) is 0.0502. The molecule has 0 aromatic heterocycles. The summed E-state index contributed by atoms with van der Waals surface area (Å²) in [5, 5.41) is 3.85. The van der Waals surface area contributed by atoms with Crippen LogP contribution in [0.2, 0.25) is 5.02 Å². The molecule has 2 aromatic rings. The number of nitrogens with zero attached hydrogens (tertiary/aromatic N) is 1. The first-order valence-electron chi connectivity index (χ1n) is 6.27. The molecule has 0 saturated heterocycles. The van der Waals surface area contributed by atoms with Crippen molar-refractivity contribution in [3.05, 3.63) is 70.7 Å². The molecule has 3 heteroatoms. The first-order valence-corrected chi connectivity index (χ1v) is 6.65. The highest BCUT2D eigenvalue weighted by Crippen LogP contribution is 2.16. The Labute approximate surface area is 119 Å². The van der Waals surface area contributed by atoms with Crippen molar-refractivity contribution in [2.45, 2.75) is 13.1 Å². The van der Waals surface area contributed by atoms with Crippen LogP contribution < -0.4 is 5.32 Å². The van der Waals surface area contributed by atoms with Crippen LogP contribution in [0.5, 0.6) is 0 Å². The number of halogens is 1. The molecule has 0 heterocycles. The van der Waals surface area contributed by atoms with E-state index in [0.717, 1.165) is 21.9 Å². The summed E-state index contributed by atoms with van der Waals surface area (Å²) in [6.45, 7) is 2.02. The number of hydrogen-bond donors (Lipinski definition) is 1. The van der Waals surface area contributed by atoms with Crippen molar-refractivity contribution in [2.75, 3.05) is 7.05 Å². The molecule has 1 unspecified atom stereocenters. The molecule has 2 rings (SSSR count). The van der Waals surface area contributed by atoms with Gasteiger partial charge in [-0.2, -0.15) is 0 Å². The topological polar surface area (TPSA) is 24.4 Å². The van der Waals surface area contributed by atoms with Crippen LogP contribution in [0.3, 0.4) is 0 Å². The summed E-state index contributed by atoms with van der Waals surface area (Å²) in [4.78, 5) is 4.72. The Kier molecular flexibility index (Phi) is 4.72. The fourth-order valence-corrected chi connectivity index (χ4v) is 2.00. The molecule has 0 saturated carbocycles. The Morgan fingerprint density at radius 3 is 2.37 bits per heavy atom. The van der Waals surface area contributed by atoms with Gasteiger partial charge in [0.15, 0.2) is 0 Å². The van der Waals surface area contributed by atoms with E-state index in [9.17, 15) is 0 Å². The van der Waals surface area contributed by atoms with Crippen molar-refractivity contribution < 1.29 is 0 Å². The summed E-state index contributed by atoms with van der Waals surface area (Å²) < 4.78 is 0. The van der Waals surface area contributed by atoms with E-state index in [1.54, 1.807) is 0 Å². The van der Waals surface area contributed by atoms with Gasteiger partial charge >= 0.3 is 0 Å². The van der Waals surface area contributed by atoms with E-state index < -0.39 is 0 Å². The first-order chi connectivity index (χ1) is 9.20. The lowest BCUT2D eigenvalue weighted by atomic mass is 10.0. The van der Waals surface area contributed by atoms with Crippen molar-refractivity contribution in [3.8, 4) is 0 Å². The molecular formula is C16H17ClN2. The molecule has 0 fully saturated rings. The summed E-state index contributed by atoms with van der Waals surface area (Å²) >= 11 is 6.08. The maximum Gasteiger partial charge on any atom is 0.0970 e. The van der Waals surface area contributed by atoms with Gasteiger partial charge in [-0.25, -0.2) is 0 Å². The second-order valence-electron chi connectivity index (χ2n) is 4.32. The van der Waals surface area contributed by atoms with Crippen LogP contribution in [0, 0.1) is 0 Å². The highest BCUT2D eigenvalue weighted by molar-refractivity contribution is 6.31. The lowest BCUT2D eigenvalue weighted by Crippen LogP contribution is -2.21. The SMILES string of the molecule is CNC(C)/N=C(/c1ccccc1)c1cccc(Cl)c1. The average molecular weight is 273 g/mol. The van der Waals surface area contributed by atoms with Crippen LogP contribution in [-0.2, 0) is 0 Å². The highest BCUT2D eigenvalue weighted by atomic mass is 35.5. The molecule has 0 aliphatic rings. The molecule has 0 spiro atoms. The van der Waals surface area contributed by atoms with E-state index in [0.29, 0.717) is 0 Å². The molecule has 0 aliphatic heterocycles. The van der Waals surface area contributed by atoms with Gasteiger partial charge in [-0.05, 0) is 26.1 Å². The van der Waals surface area contributed by atoms with Gasteiger partial charge in [-0.15, -0.1) is 0 Å². The maximum absolute atomic E-state index is 6.08. The lowest BCUT2D eigenvalue weighted by molar-refractivity contribution is 0.642. The zero-order valence-electron chi connectivity index (χ0n) is 11.1. The third kappa shape index (κ3) is 3.66. The second-order valence-corrected chi connectivity index (χ2v) is 4.76. The number of benzene rings is 2. The predicted octanol–water partition coefficient (Wildman–Crippen LogP) is 3.74. The van der Waals surface area contributed by atoms with Gasteiger partial charge in [0, 0.05) is 16.1 Å². The fourth-order valence-electron chi connectivity index (χ4n) is 1.81. The van der Waals surface area contributed by atoms with Crippen molar-refractivity contribution in [1.29, 1.82) is 0 Å². The second kappa shape index (κ2) is 6.50. The minimum Gasteiger partial charge on any atom is -0.299 e. The predicted molar refractivity (Wildman–Crippen MR) is 82.1 cm³/mol. The molecule has 1 N–H and O–H groups in total. The van der Waals surface area contributed by atoms with E-state index in [1.165, 1.54) is 0 Å². The molecular weight excluding hydrogens is 256 g/mol. The molecule has 1 atom stereocenters. The van der Waals surface area contributed by atoms with E-state index >= 15 is 0 Å². The third-order valence-electron chi connectivity index (χ3n) is 2.89.